The molecule has 0 spiro atoms. The van der Waals surface area contributed by atoms with Crippen molar-refractivity contribution in [3.8, 4) is 0 Å². The Labute approximate surface area is 205 Å². The molecular weight excluding hydrogens is 455 g/mol. The fourth-order valence-electron chi connectivity index (χ4n) is 6.86. The Morgan fingerprint density at radius 2 is 2.00 bits per heavy atom. The molecule has 1 aromatic heterocycles. The minimum absolute atomic E-state index is 0.0252. The third-order valence-electron chi connectivity index (χ3n) is 9.00. The number of aromatic nitrogens is 1. The topological polar surface area (TPSA) is 54.5 Å². The van der Waals surface area contributed by atoms with E-state index in [0.717, 1.165) is 51.3 Å². The summed E-state index contributed by atoms with van der Waals surface area (Å²) in [7, 11) is 0. The van der Waals surface area contributed by atoms with Crippen molar-refractivity contribution < 1.29 is 22.7 Å². The first kappa shape index (κ1) is 24.8. The molecule has 4 aliphatic rings. The van der Waals surface area contributed by atoms with Gasteiger partial charge in [-0.2, -0.15) is 13.2 Å². The maximum absolute atomic E-state index is 13.9. The molecular formula is C27H36F3N3O2. The van der Waals surface area contributed by atoms with E-state index in [0.29, 0.717) is 35.1 Å². The van der Waals surface area contributed by atoms with E-state index in [1.54, 1.807) is 17.2 Å². The predicted octanol–water partition coefficient (Wildman–Crippen LogP) is 5.26. The van der Waals surface area contributed by atoms with Gasteiger partial charge in [-0.05, 0) is 80.0 Å². The molecule has 1 aromatic rings. The van der Waals surface area contributed by atoms with Crippen LogP contribution in [0.3, 0.4) is 0 Å². The van der Waals surface area contributed by atoms with E-state index in [1.807, 2.05) is 0 Å². The Balaban J connectivity index is 1.26. The number of nitrogens with one attached hydrogen (secondary N) is 1. The van der Waals surface area contributed by atoms with E-state index < -0.39 is 17.2 Å². The van der Waals surface area contributed by atoms with E-state index in [1.165, 1.54) is 19.3 Å². The molecule has 3 fully saturated rings. The van der Waals surface area contributed by atoms with Crippen molar-refractivity contribution in [3.05, 3.63) is 35.3 Å². The largest absolute Gasteiger partial charge is 0.417 e. The van der Waals surface area contributed by atoms with Crippen LogP contribution in [-0.4, -0.2) is 41.6 Å². The Morgan fingerprint density at radius 3 is 2.69 bits per heavy atom. The smallest absolute Gasteiger partial charge is 0.381 e. The maximum Gasteiger partial charge on any atom is 0.417 e. The Hall–Kier alpha value is -1.93. The van der Waals surface area contributed by atoms with Crippen molar-refractivity contribution >= 4 is 12.0 Å². The molecule has 1 amide bonds. The molecule has 2 aliphatic heterocycles. The molecule has 2 saturated carbocycles. The first-order valence-electron chi connectivity index (χ1n) is 13.0. The summed E-state index contributed by atoms with van der Waals surface area (Å²) in [5.41, 5.74) is -0.329. The van der Waals surface area contributed by atoms with Crippen molar-refractivity contribution in [1.82, 2.24) is 15.2 Å². The van der Waals surface area contributed by atoms with Gasteiger partial charge in [0.05, 0.1) is 36.4 Å². The molecule has 5 rings (SSSR count). The second-order valence-corrected chi connectivity index (χ2v) is 11.4. The molecule has 1 saturated heterocycles. The van der Waals surface area contributed by atoms with Gasteiger partial charge in [0.2, 0.25) is 5.91 Å². The maximum atomic E-state index is 13.9. The summed E-state index contributed by atoms with van der Waals surface area (Å²) in [5, 5.41) is 3.86. The lowest BCUT2D eigenvalue weighted by Crippen LogP contribution is -2.52. The van der Waals surface area contributed by atoms with Crippen LogP contribution >= 0.6 is 0 Å². The first-order chi connectivity index (χ1) is 16.7. The summed E-state index contributed by atoms with van der Waals surface area (Å²) < 4.78 is 45.4. The van der Waals surface area contributed by atoms with E-state index in [2.05, 4.69) is 24.1 Å². The summed E-state index contributed by atoms with van der Waals surface area (Å²) in [6.45, 7) is 6.94. The second kappa shape index (κ2) is 9.51. The number of carbonyl (C=O) groups is 1. The fraction of sp³-hybridized carbons (Fsp3) is 0.704. The normalized spacial score (nSPS) is 32.7. The van der Waals surface area contributed by atoms with Crippen LogP contribution in [0.2, 0.25) is 0 Å². The molecule has 1 N–H and O–H groups in total. The summed E-state index contributed by atoms with van der Waals surface area (Å²) in [6, 6.07) is 1.64. The standard InChI is InChI=1S/C27H36F3N3O2/c1-17(2)26(8-6-18(11-26)12-32-24-19-4-3-5-20(24)16-35-15-19)25(34)33-9-7-23-21(14-33)10-22(13-31-23)27(28,29)30/h7,9-10,13,17-20,24,32H,3-6,8,11-12,14-16H2,1-2H3/t18-,19?,20?,24?,26+/m1/s1. The van der Waals surface area contributed by atoms with Crippen molar-refractivity contribution in [1.29, 1.82) is 0 Å². The number of amides is 1. The number of pyridine rings is 1. The number of carbonyl (C=O) groups excluding carboxylic acids is 1. The van der Waals surface area contributed by atoms with Gasteiger partial charge < -0.3 is 15.0 Å². The van der Waals surface area contributed by atoms with Gasteiger partial charge in [0, 0.05) is 18.4 Å². The number of rotatable bonds is 5. The lowest BCUT2D eigenvalue weighted by atomic mass is 9.73. The quantitative estimate of drug-likeness (QED) is 0.611. The van der Waals surface area contributed by atoms with Gasteiger partial charge in [-0.1, -0.05) is 20.3 Å². The number of halogens is 3. The second-order valence-electron chi connectivity index (χ2n) is 11.4. The molecule has 5 nitrogen and oxygen atoms in total. The zero-order valence-electron chi connectivity index (χ0n) is 20.6. The number of nitrogens with zero attached hydrogens (tertiary/aromatic N) is 2. The number of hydrogen-bond acceptors (Lipinski definition) is 4. The minimum atomic E-state index is -4.45. The number of hydrogen-bond donors (Lipinski definition) is 1. The third kappa shape index (κ3) is 4.76. The summed E-state index contributed by atoms with van der Waals surface area (Å²) in [4.78, 5) is 19.4. The first-order valence-corrected chi connectivity index (χ1v) is 13.0. The van der Waals surface area contributed by atoms with E-state index >= 15 is 0 Å². The van der Waals surface area contributed by atoms with Gasteiger partial charge in [-0.25, -0.2) is 0 Å². The van der Waals surface area contributed by atoms with Gasteiger partial charge in [0.1, 0.15) is 0 Å². The summed E-state index contributed by atoms with van der Waals surface area (Å²) in [6.07, 6.45) is 6.11. The SMILES string of the molecule is CC(C)[C@]1(C(=O)N2C=Cc3ncc(C(F)(F)F)cc3C2)CC[C@@H](CNC2C3CCCC2COC3)C1. The highest BCUT2D eigenvalue weighted by molar-refractivity contribution is 5.85. The van der Waals surface area contributed by atoms with Crippen molar-refractivity contribution in [2.24, 2.45) is 29.1 Å². The zero-order valence-corrected chi connectivity index (χ0v) is 20.6. The van der Waals surface area contributed by atoms with Crippen molar-refractivity contribution in [2.75, 3.05) is 19.8 Å². The number of ether oxygens (including phenoxy) is 1. The van der Waals surface area contributed by atoms with Gasteiger partial charge in [0.15, 0.2) is 0 Å². The monoisotopic (exact) mass is 491 g/mol. The van der Waals surface area contributed by atoms with E-state index in [4.69, 9.17) is 4.74 Å². The Bertz CT molecular complexity index is 957. The third-order valence-corrected chi connectivity index (χ3v) is 9.00. The van der Waals surface area contributed by atoms with Gasteiger partial charge in [-0.3, -0.25) is 9.78 Å². The van der Waals surface area contributed by atoms with Crippen molar-refractivity contribution in [2.45, 2.75) is 71.1 Å². The molecule has 2 aliphatic carbocycles. The summed E-state index contributed by atoms with van der Waals surface area (Å²) >= 11 is 0. The summed E-state index contributed by atoms with van der Waals surface area (Å²) in [5.74, 6) is 1.78. The lowest BCUT2D eigenvalue weighted by Gasteiger charge is -2.43. The van der Waals surface area contributed by atoms with Crippen LogP contribution in [0.5, 0.6) is 0 Å². The van der Waals surface area contributed by atoms with E-state index in [9.17, 15) is 18.0 Å². The van der Waals surface area contributed by atoms with Crippen LogP contribution < -0.4 is 5.32 Å². The van der Waals surface area contributed by atoms with E-state index in [-0.39, 0.29) is 18.4 Å². The average molecular weight is 492 g/mol. The van der Waals surface area contributed by atoms with Crippen LogP contribution in [0, 0.1) is 29.1 Å². The molecule has 2 unspecified atom stereocenters. The highest BCUT2D eigenvalue weighted by Crippen LogP contribution is 2.49. The molecule has 35 heavy (non-hydrogen) atoms. The molecule has 4 atom stereocenters. The van der Waals surface area contributed by atoms with Gasteiger partial charge >= 0.3 is 6.18 Å². The molecule has 0 radical (unpaired) electrons. The number of fused-ring (bicyclic) bond motifs is 3. The zero-order chi connectivity index (χ0) is 24.8. The number of alkyl halides is 3. The van der Waals surface area contributed by atoms with Crippen LogP contribution in [0.25, 0.3) is 6.08 Å². The van der Waals surface area contributed by atoms with Crippen LogP contribution in [-0.2, 0) is 22.3 Å². The highest BCUT2D eigenvalue weighted by Gasteiger charge is 2.49. The molecule has 192 valence electrons. The average Bonchev–Trinajstić information content (AvgIpc) is 3.26. The van der Waals surface area contributed by atoms with Crippen LogP contribution in [0.15, 0.2) is 18.5 Å². The molecule has 0 aromatic carbocycles. The van der Waals surface area contributed by atoms with Crippen LogP contribution in [0.4, 0.5) is 13.2 Å². The fourth-order valence-corrected chi connectivity index (χ4v) is 6.86. The Morgan fingerprint density at radius 1 is 1.26 bits per heavy atom. The molecule has 2 bridgehead atoms. The van der Waals surface area contributed by atoms with Crippen LogP contribution in [0.1, 0.15) is 69.2 Å². The van der Waals surface area contributed by atoms with Gasteiger partial charge in [-0.15, -0.1) is 0 Å². The Kier molecular flexibility index (Phi) is 6.72. The predicted molar refractivity (Wildman–Crippen MR) is 127 cm³/mol. The highest BCUT2D eigenvalue weighted by atomic mass is 19.4. The molecule has 3 heterocycles. The van der Waals surface area contributed by atoms with Crippen molar-refractivity contribution in [3.63, 3.8) is 0 Å². The molecule has 8 heteroatoms. The minimum Gasteiger partial charge on any atom is -0.381 e. The lowest BCUT2D eigenvalue weighted by molar-refractivity contribution is -0.142. The van der Waals surface area contributed by atoms with Gasteiger partial charge in [0.25, 0.3) is 0 Å².